The summed E-state index contributed by atoms with van der Waals surface area (Å²) in [6, 6.07) is 7.58. The van der Waals surface area contributed by atoms with Crippen LogP contribution in [0.25, 0.3) is 11.5 Å². The predicted octanol–water partition coefficient (Wildman–Crippen LogP) is 2.05. The third-order valence-corrected chi connectivity index (χ3v) is 2.69. The third kappa shape index (κ3) is 3.07. The molecule has 0 aliphatic rings. The lowest BCUT2D eigenvalue weighted by atomic mass is 10.2. The number of aromatic nitrogens is 2. The zero-order valence-electron chi connectivity index (χ0n) is 10.7. The van der Waals surface area contributed by atoms with Crippen molar-refractivity contribution in [3.63, 3.8) is 0 Å². The number of hydrogen-bond acceptors (Lipinski definition) is 5. The van der Waals surface area contributed by atoms with Gasteiger partial charge in [0.05, 0.1) is 0 Å². The molecule has 0 spiro atoms. The minimum absolute atomic E-state index is 0.416. The molecule has 2 aromatic heterocycles. The lowest BCUT2D eigenvalue weighted by Gasteiger charge is -2.09. The smallest absolute Gasteiger partial charge is 0.154 e. The van der Waals surface area contributed by atoms with Gasteiger partial charge in [0.15, 0.2) is 5.76 Å². The van der Waals surface area contributed by atoms with Crippen molar-refractivity contribution in [1.29, 1.82) is 0 Å². The van der Waals surface area contributed by atoms with Crippen molar-refractivity contribution < 1.29 is 4.42 Å². The monoisotopic (exact) mass is 246 g/mol. The van der Waals surface area contributed by atoms with Crippen molar-refractivity contribution in [1.82, 2.24) is 10.2 Å². The zero-order chi connectivity index (χ0) is 13.0. The Balaban J connectivity index is 2.01. The fourth-order valence-electron chi connectivity index (χ4n) is 1.49. The average molecular weight is 246 g/mol. The number of nitrogens with one attached hydrogen (secondary N) is 1. The summed E-state index contributed by atoms with van der Waals surface area (Å²) in [7, 11) is 0. The summed E-state index contributed by atoms with van der Waals surface area (Å²) in [5.74, 6) is 2.77. The van der Waals surface area contributed by atoms with Gasteiger partial charge < -0.3 is 15.5 Å². The molecule has 0 amide bonds. The van der Waals surface area contributed by atoms with E-state index in [9.17, 15) is 0 Å². The van der Waals surface area contributed by atoms with E-state index in [4.69, 9.17) is 10.2 Å². The first-order valence-electron chi connectivity index (χ1n) is 6.03. The van der Waals surface area contributed by atoms with Crippen LogP contribution in [0.15, 0.2) is 28.7 Å². The fraction of sp³-hybridized carbons (Fsp3) is 0.385. The van der Waals surface area contributed by atoms with Crippen LogP contribution >= 0.6 is 0 Å². The van der Waals surface area contributed by atoms with E-state index in [-0.39, 0.29) is 0 Å². The largest absolute Gasteiger partial charge is 0.460 e. The molecular weight excluding hydrogens is 228 g/mol. The van der Waals surface area contributed by atoms with Gasteiger partial charge >= 0.3 is 0 Å². The molecule has 2 heterocycles. The average Bonchev–Trinajstić information content (AvgIpc) is 2.83. The highest BCUT2D eigenvalue weighted by Crippen LogP contribution is 2.19. The highest BCUT2D eigenvalue weighted by Gasteiger charge is 2.05. The highest BCUT2D eigenvalue weighted by molar-refractivity contribution is 5.53. The Hall–Kier alpha value is -1.88. The van der Waals surface area contributed by atoms with Gasteiger partial charge in [0.2, 0.25) is 0 Å². The third-order valence-electron chi connectivity index (χ3n) is 2.69. The minimum atomic E-state index is 0.416. The van der Waals surface area contributed by atoms with Crippen molar-refractivity contribution in [3.8, 4) is 11.5 Å². The molecule has 1 unspecified atom stereocenters. The van der Waals surface area contributed by atoms with Gasteiger partial charge in [0, 0.05) is 6.54 Å². The first-order chi connectivity index (χ1) is 8.69. The molecule has 96 valence electrons. The van der Waals surface area contributed by atoms with Crippen LogP contribution in [-0.2, 0) is 0 Å². The molecule has 1 atom stereocenters. The Morgan fingerprint density at radius 1 is 1.28 bits per heavy atom. The van der Waals surface area contributed by atoms with Gasteiger partial charge in [-0.05, 0) is 43.7 Å². The second-order valence-corrected chi connectivity index (χ2v) is 4.44. The number of nitrogens with two attached hydrogens (primary N) is 1. The first kappa shape index (κ1) is 12.6. The minimum Gasteiger partial charge on any atom is -0.460 e. The Bertz CT molecular complexity index is 492. The van der Waals surface area contributed by atoms with E-state index in [2.05, 4.69) is 22.4 Å². The molecule has 2 rings (SSSR count). The molecule has 0 fully saturated rings. The molecule has 0 radical (unpaired) electrons. The molecule has 0 aromatic carbocycles. The van der Waals surface area contributed by atoms with E-state index in [0.29, 0.717) is 12.5 Å². The van der Waals surface area contributed by atoms with E-state index in [1.165, 1.54) is 0 Å². The molecule has 0 saturated heterocycles. The SMILES string of the molecule is Cc1ccc(-c2ccc(NCC(C)CN)nn2)o1. The molecular formula is C13H18N4O. The van der Waals surface area contributed by atoms with Crippen molar-refractivity contribution >= 4 is 5.82 Å². The molecule has 0 bridgehead atoms. The van der Waals surface area contributed by atoms with Gasteiger partial charge in [-0.3, -0.25) is 0 Å². The topological polar surface area (TPSA) is 77.0 Å². The number of furan rings is 1. The maximum absolute atomic E-state index is 5.55. The van der Waals surface area contributed by atoms with Gasteiger partial charge in [-0.15, -0.1) is 10.2 Å². The molecule has 0 aliphatic carbocycles. The fourth-order valence-corrected chi connectivity index (χ4v) is 1.49. The highest BCUT2D eigenvalue weighted by atomic mass is 16.3. The predicted molar refractivity (Wildman–Crippen MR) is 71.2 cm³/mol. The van der Waals surface area contributed by atoms with Gasteiger partial charge in [-0.1, -0.05) is 6.92 Å². The summed E-state index contributed by atoms with van der Waals surface area (Å²) in [5, 5.41) is 11.4. The number of aryl methyl sites for hydroxylation is 1. The van der Waals surface area contributed by atoms with Crippen LogP contribution in [0.1, 0.15) is 12.7 Å². The van der Waals surface area contributed by atoms with Crippen molar-refractivity contribution in [2.24, 2.45) is 11.7 Å². The van der Waals surface area contributed by atoms with Crippen LogP contribution in [0.4, 0.5) is 5.82 Å². The maximum Gasteiger partial charge on any atom is 0.154 e. The molecule has 0 saturated carbocycles. The van der Waals surface area contributed by atoms with Crippen LogP contribution in [-0.4, -0.2) is 23.3 Å². The second-order valence-electron chi connectivity index (χ2n) is 4.44. The van der Waals surface area contributed by atoms with Crippen molar-refractivity contribution in [3.05, 3.63) is 30.0 Å². The van der Waals surface area contributed by atoms with E-state index < -0.39 is 0 Å². The quantitative estimate of drug-likeness (QED) is 0.844. The van der Waals surface area contributed by atoms with Gasteiger partial charge in [0.25, 0.3) is 0 Å². The molecule has 2 aromatic rings. The molecule has 3 N–H and O–H groups in total. The summed E-state index contributed by atoms with van der Waals surface area (Å²) in [5.41, 5.74) is 6.29. The Kier molecular flexibility index (Phi) is 3.94. The zero-order valence-corrected chi connectivity index (χ0v) is 10.7. The summed E-state index contributed by atoms with van der Waals surface area (Å²) in [6.45, 7) is 5.44. The first-order valence-corrected chi connectivity index (χ1v) is 6.03. The Morgan fingerprint density at radius 3 is 2.67 bits per heavy atom. The standard InChI is InChI=1S/C13H18N4O/c1-9(7-14)8-15-13-6-4-11(16-17-13)12-5-3-10(2)18-12/h3-6,9H,7-8,14H2,1-2H3,(H,15,17). The molecule has 18 heavy (non-hydrogen) atoms. The van der Waals surface area contributed by atoms with Crippen molar-refractivity contribution in [2.45, 2.75) is 13.8 Å². The Labute approximate surface area is 106 Å². The maximum atomic E-state index is 5.55. The number of anilines is 1. The van der Waals surface area contributed by atoms with Crippen LogP contribution in [0.5, 0.6) is 0 Å². The van der Waals surface area contributed by atoms with E-state index in [0.717, 1.165) is 29.6 Å². The van der Waals surface area contributed by atoms with Gasteiger partial charge in [-0.25, -0.2) is 0 Å². The van der Waals surface area contributed by atoms with Gasteiger partial charge in [-0.2, -0.15) is 0 Å². The lowest BCUT2D eigenvalue weighted by molar-refractivity contribution is 0.545. The second kappa shape index (κ2) is 5.64. The normalized spacial score (nSPS) is 12.4. The van der Waals surface area contributed by atoms with E-state index in [1.807, 2.05) is 31.2 Å². The lowest BCUT2D eigenvalue weighted by Crippen LogP contribution is -2.20. The summed E-state index contributed by atoms with van der Waals surface area (Å²) in [6.07, 6.45) is 0. The van der Waals surface area contributed by atoms with Crippen LogP contribution in [0.3, 0.4) is 0 Å². The van der Waals surface area contributed by atoms with E-state index >= 15 is 0 Å². The number of hydrogen-bond donors (Lipinski definition) is 2. The van der Waals surface area contributed by atoms with E-state index in [1.54, 1.807) is 0 Å². The number of rotatable bonds is 5. The molecule has 0 aliphatic heterocycles. The molecule has 5 nitrogen and oxygen atoms in total. The summed E-state index contributed by atoms with van der Waals surface area (Å²) >= 11 is 0. The summed E-state index contributed by atoms with van der Waals surface area (Å²) < 4.78 is 5.49. The molecule has 5 heteroatoms. The van der Waals surface area contributed by atoms with Crippen molar-refractivity contribution in [2.75, 3.05) is 18.4 Å². The van der Waals surface area contributed by atoms with Gasteiger partial charge in [0.1, 0.15) is 17.3 Å². The Morgan fingerprint density at radius 2 is 2.11 bits per heavy atom. The van der Waals surface area contributed by atoms with Crippen LogP contribution in [0.2, 0.25) is 0 Å². The number of nitrogens with zero attached hydrogens (tertiary/aromatic N) is 2. The van der Waals surface area contributed by atoms with Crippen LogP contribution in [0, 0.1) is 12.8 Å². The summed E-state index contributed by atoms with van der Waals surface area (Å²) in [4.78, 5) is 0. The van der Waals surface area contributed by atoms with Crippen LogP contribution < -0.4 is 11.1 Å².